The van der Waals surface area contributed by atoms with Crippen LogP contribution in [0.1, 0.15) is 106 Å². The Labute approximate surface area is 376 Å². The highest BCUT2D eigenvalue weighted by Crippen LogP contribution is 2.45. The maximum atomic E-state index is 14.8. The largest absolute Gasteiger partial charge is 0.493 e. The van der Waals surface area contributed by atoms with Gasteiger partial charge in [0.1, 0.15) is 11.8 Å². The van der Waals surface area contributed by atoms with Crippen molar-refractivity contribution in [2.75, 3.05) is 31.1 Å². The van der Waals surface area contributed by atoms with Crippen molar-refractivity contribution >= 4 is 35.0 Å². The summed E-state index contributed by atoms with van der Waals surface area (Å²) < 4.78 is 37.3. The van der Waals surface area contributed by atoms with Crippen LogP contribution < -0.4 is 15.0 Å². The molecule has 65 heavy (non-hydrogen) atoms. The molecule has 2 aromatic heterocycles. The van der Waals surface area contributed by atoms with Gasteiger partial charge in [-0.25, -0.2) is 8.78 Å². The first-order valence-electron chi connectivity index (χ1n) is 22.7. The number of ether oxygens (including phenoxy) is 1. The molecule has 336 valence electrons. The molecular formula is C50H52F2N8O5. The van der Waals surface area contributed by atoms with E-state index in [0.29, 0.717) is 67.4 Å². The van der Waals surface area contributed by atoms with E-state index in [2.05, 4.69) is 38.4 Å². The zero-order chi connectivity index (χ0) is 44.9. The molecule has 1 N–H and O–H groups in total. The van der Waals surface area contributed by atoms with E-state index in [1.54, 1.807) is 49.2 Å². The summed E-state index contributed by atoms with van der Waals surface area (Å²) in [5, 5.41) is 6.60. The number of fused-ring (bicyclic) bond motifs is 3. The smallest absolute Gasteiger partial charge is 0.264 e. The summed E-state index contributed by atoms with van der Waals surface area (Å²) >= 11 is 0. The van der Waals surface area contributed by atoms with Crippen molar-refractivity contribution in [3.63, 3.8) is 0 Å². The van der Waals surface area contributed by atoms with Crippen molar-refractivity contribution in [2.24, 2.45) is 7.05 Å². The van der Waals surface area contributed by atoms with Gasteiger partial charge in [-0.2, -0.15) is 5.10 Å². The van der Waals surface area contributed by atoms with Gasteiger partial charge in [0, 0.05) is 110 Å². The Morgan fingerprint density at radius 2 is 1.74 bits per heavy atom. The van der Waals surface area contributed by atoms with Gasteiger partial charge in [0.05, 0.1) is 19.3 Å². The van der Waals surface area contributed by atoms with Crippen molar-refractivity contribution in [1.29, 1.82) is 0 Å². The molecule has 7 heterocycles. The van der Waals surface area contributed by atoms with Crippen molar-refractivity contribution in [3.05, 3.63) is 123 Å². The molecule has 1 unspecified atom stereocenters. The number of likely N-dealkylation sites (tertiary alicyclic amines) is 1. The summed E-state index contributed by atoms with van der Waals surface area (Å²) in [6.07, 6.45) is 7.42. The number of imide groups is 1. The highest BCUT2D eigenvalue weighted by molar-refractivity contribution is 6.05. The maximum absolute atomic E-state index is 14.8. The van der Waals surface area contributed by atoms with Gasteiger partial charge in [-0.15, -0.1) is 0 Å². The van der Waals surface area contributed by atoms with Crippen LogP contribution in [-0.4, -0.2) is 85.4 Å². The molecule has 5 aromatic rings. The van der Waals surface area contributed by atoms with Crippen LogP contribution in [0.5, 0.6) is 5.75 Å². The van der Waals surface area contributed by atoms with E-state index in [4.69, 9.17) is 9.72 Å². The van der Waals surface area contributed by atoms with Gasteiger partial charge in [0.25, 0.3) is 12.3 Å². The number of piperidine rings is 2. The number of alkyl halides is 2. The minimum absolute atomic E-state index is 0.00123. The van der Waals surface area contributed by atoms with Crippen LogP contribution in [0.2, 0.25) is 0 Å². The van der Waals surface area contributed by atoms with Crippen LogP contribution in [-0.2, 0) is 60.5 Å². The average molecular weight is 883 g/mol. The molecule has 0 aliphatic carbocycles. The maximum Gasteiger partial charge on any atom is 0.264 e. The number of pyridine rings is 1. The molecule has 1 atom stereocenters. The summed E-state index contributed by atoms with van der Waals surface area (Å²) in [5.74, 6) is -0.0365. The fourth-order valence-electron chi connectivity index (χ4n) is 10.4. The molecular weight excluding hydrogens is 831 g/mol. The lowest BCUT2D eigenvalue weighted by Gasteiger charge is -2.36. The number of aromatic nitrogens is 3. The van der Waals surface area contributed by atoms with E-state index in [1.807, 2.05) is 29.3 Å². The fourth-order valence-corrected chi connectivity index (χ4v) is 10.4. The molecule has 13 nitrogen and oxygen atoms in total. The molecule has 5 aliphatic heterocycles. The number of hydrogen-bond donors (Lipinski definition) is 1. The molecule has 15 heteroatoms. The number of rotatable bonds is 11. The zero-order valence-electron chi connectivity index (χ0n) is 36.7. The number of hydrogen-bond acceptors (Lipinski definition) is 9. The second-order valence-electron chi connectivity index (χ2n) is 18.1. The quantitative estimate of drug-likeness (QED) is 0.138. The van der Waals surface area contributed by atoms with Crippen LogP contribution in [0, 0.1) is 0 Å². The zero-order valence-corrected chi connectivity index (χ0v) is 36.7. The second-order valence-corrected chi connectivity index (χ2v) is 18.1. The van der Waals surface area contributed by atoms with E-state index >= 15 is 0 Å². The molecule has 2 saturated heterocycles. The first-order chi connectivity index (χ1) is 31.5. The van der Waals surface area contributed by atoms with Crippen LogP contribution in [0.3, 0.4) is 0 Å². The SMILES string of the molecule is CC(=O)N1Cc2cc(C3CCN(Cc4ccc(CCOc5cccc6c5CN(C5CCC(=O)NC5=O)C6=O)nc4)CC3)cc(N3CCCc4cc(-c5cnn(C)c5)c(C(F)F)cc43)c2C1. The molecule has 5 aliphatic rings. The number of aryl methyl sites for hydroxylation is 2. The number of halogens is 2. The number of benzene rings is 3. The second kappa shape index (κ2) is 17.5. The van der Waals surface area contributed by atoms with Gasteiger partial charge >= 0.3 is 0 Å². The highest BCUT2D eigenvalue weighted by atomic mass is 19.3. The van der Waals surface area contributed by atoms with Crippen LogP contribution in [0.15, 0.2) is 73.2 Å². The number of nitrogens with one attached hydrogen (secondary N) is 1. The molecule has 0 spiro atoms. The van der Waals surface area contributed by atoms with Gasteiger partial charge in [-0.1, -0.05) is 18.2 Å². The Bertz CT molecular complexity index is 2690. The first kappa shape index (κ1) is 42.5. The Morgan fingerprint density at radius 1 is 0.892 bits per heavy atom. The Hall–Kier alpha value is -6.48. The number of carbonyl (C=O) groups excluding carboxylic acids is 4. The molecule has 2 fully saturated rings. The third-order valence-corrected chi connectivity index (χ3v) is 13.9. The average Bonchev–Trinajstić information content (AvgIpc) is 4.03. The number of carbonyl (C=O) groups is 4. The molecule has 10 rings (SSSR count). The van der Waals surface area contributed by atoms with Crippen LogP contribution in [0.25, 0.3) is 11.1 Å². The lowest BCUT2D eigenvalue weighted by Crippen LogP contribution is -2.52. The van der Waals surface area contributed by atoms with Gasteiger partial charge < -0.3 is 19.4 Å². The standard InChI is InChI=1S/C50H52F2N8O5/c1-30(61)58-27-35-19-34(21-45(41(35)28-58)59-15-4-5-33-20-39(36-24-54-56(2)26-36)40(48(51)52)22-44(33)59)32-12-16-57(17-13-32)25-31-8-9-37(53-23-31)14-18-65-46-7-3-6-38-42(46)29-60(50(38)64)43-10-11-47(62)55-49(43)63/h3,6-9,19-24,26,32,43,48H,4-5,10-18,25,27-29H2,1-2H3,(H,55,62,63). The lowest BCUT2D eigenvalue weighted by atomic mass is 9.86. The summed E-state index contributed by atoms with van der Waals surface area (Å²) in [6, 6.07) is 17.0. The van der Waals surface area contributed by atoms with Gasteiger partial charge in [0.2, 0.25) is 17.7 Å². The summed E-state index contributed by atoms with van der Waals surface area (Å²) in [5.41, 5.74) is 10.9. The number of nitrogens with zero attached hydrogens (tertiary/aromatic N) is 7. The minimum Gasteiger partial charge on any atom is -0.493 e. The predicted molar refractivity (Wildman–Crippen MR) is 238 cm³/mol. The van der Waals surface area contributed by atoms with E-state index in [9.17, 15) is 28.0 Å². The Kier molecular flexibility index (Phi) is 11.4. The van der Waals surface area contributed by atoms with Crippen molar-refractivity contribution in [2.45, 2.75) is 96.4 Å². The summed E-state index contributed by atoms with van der Waals surface area (Å²) in [4.78, 5) is 62.9. The van der Waals surface area contributed by atoms with Crippen LogP contribution >= 0.6 is 0 Å². The minimum atomic E-state index is -2.65. The monoisotopic (exact) mass is 882 g/mol. The van der Waals surface area contributed by atoms with Crippen molar-refractivity contribution in [3.8, 4) is 16.9 Å². The normalized spacial score (nSPS) is 18.9. The Morgan fingerprint density at radius 3 is 2.48 bits per heavy atom. The number of amides is 4. The third kappa shape index (κ3) is 8.37. The highest BCUT2D eigenvalue weighted by Gasteiger charge is 2.40. The van der Waals surface area contributed by atoms with E-state index in [-0.39, 0.29) is 36.3 Å². The molecule has 0 bridgehead atoms. The van der Waals surface area contributed by atoms with E-state index in [0.717, 1.165) is 90.2 Å². The summed E-state index contributed by atoms with van der Waals surface area (Å²) in [6.45, 7) is 6.60. The van der Waals surface area contributed by atoms with Crippen molar-refractivity contribution in [1.82, 2.24) is 34.8 Å². The van der Waals surface area contributed by atoms with Gasteiger partial charge in [0.15, 0.2) is 0 Å². The van der Waals surface area contributed by atoms with Crippen molar-refractivity contribution < 1.29 is 32.7 Å². The molecule has 0 saturated carbocycles. The third-order valence-electron chi connectivity index (χ3n) is 13.9. The lowest BCUT2D eigenvalue weighted by molar-refractivity contribution is -0.137. The Balaban J connectivity index is 0.784. The fraction of sp³-hybridized carbons (Fsp3) is 0.400. The topological polar surface area (TPSA) is 133 Å². The predicted octanol–water partition coefficient (Wildman–Crippen LogP) is 7.13. The van der Waals surface area contributed by atoms with E-state index in [1.165, 1.54) is 10.5 Å². The molecule has 3 aromatic carbocycles. The van der Waals surface area contributed by atoms with E-state index < -0.39 is 18.4 Å². The molecule has 4 amide bonds. The summed E-state index contributed by atoms with van der Waals surface area (Å²) in [7, 11) is 1.79. The van der Waals surface area contributed by atoms with Gasteiger partial charge in [-0.3, -0.25) is 39.1 Å². The van der Waals surface area contributed by atoms with Crippen LogP contribution in [0.4, 0.5) is 20.2 Å². The molecule has 0 radical (unpaired) electrons. The first-order valence-corrected chi connectivity index (χ1v) is 22.7. The number of anilines is 2. The van der Waals surface area contributed by atoms with Gasteiger partial charge in [-0.05, 0) is 115 Å².